The summed E-state index contributed by atoms with van der Waals surface area (Å²) in [4.78, 5) is 15.9. The molecule has 4 heteroatoms. The molecule has 0 bridgehead atoms. The Morgan fingerprint density at radius 2 is 1.90 bits per heavy atom. The highest BCUT2D eigenvalue weighted by molar-refractivity contribution is 5.80. The smallest absolute Gasteiger partial charge is 0.225 e. The van der Waals surface area contributed by atoms with Gasteiger partial charge in [0.05, 0.1) is 17.5 Å². The molecule has 0 atom stereocenters. The lowest BCUT2D eigenvalue weighted by atomic mass is 10.1. The van der Waals surface area contributed by atoms with E-state index in [4.69, 9.17) is 5.73 Å². The van der Waals surface area contributed by atoms with Gasteiger partial charge in [0.1, 0.15) is 5.82 Å². The van der Waals surface area contributed by atoms with Crippen LogP contribution in [0.1, 0.15) is 51.4 Å². The lowest BCUT2D eigenvalue weighted by Crippen LogP contribution is -2.19. The molecule has 108 valence electrons. The number of hydrogen-bond donors (Lipinski definition) is 1. The summed E-state index contributed by atoms with van der Waals surface area (Å²) in [5.41, 5.74) is 7.42. The number of imidazole rings is 1. The van der Waals surface area contributed by atoms with E-state index < -0.39 is 0 Å². The van der Waals surface area contributed by atoms with Crippen molar-refractivity contribution in [2.75, 3.05) is 0 Å². The molecule has 4 nitrogen and oxygen atoms in total. The zero-order valence-electron chi connectivity index (χ0n) is 12.3. The van der Waals surface area contributed by atoms with Crippen molar-refractivity contribution in [3.63, 3.8) is 0 Å². The van der Waals surface area contributed by atoms with E-state index in [0.717, 1.165) is 42.5 Å². The predicted molar refractivity (Wildman–Crippen MR) is 81.5 cm³/mol. The van der Waals surface area contributed by atoms with Gasteiger partial charge in [-0.15, -0.1) is 0 Å². The van der Waals surface area contributed by atoms with E-state index in [1.54, 1.807) is 0 Å². The highest BCUT2D eigenvalue weighted by Gasteiger charge is 2.18. The molecule has 1 aromatic heterocycles. The minimum absolute atomic E-state index is 0.207. The summed E-state index contributed by atoms with van der Waals surface area (Å²) in [5, 5.41) is 0. The number of nitrogens with two attached hydrogens (primary N) is 1. The van der Waals surface area contributed by atoms with Gasteiger partial charge >= 0.3 is 0 Å². The maximum atomic E-state index is 11.3. The van der Waals surface area contributed by atoms with Gasteiger partial charge in [-0.1, -0.05) is 38.8 Å². The molecule has 2 N–H and O–H groups in total. The zero-order chi connectivity index (χ0) is 14.5. The van der Waals surface area contributed by atoms with Gasteiger partial charge < -0.3 is 10.3 Å². The number of hydrogen-bond acceptors (Lipinski definition) is 2. The van der Waals surface area contributed by atoms with Crippen LogP contribution in [0.15, 0.2) is 24.3 Å². The monoisotopic (exact) mass is 273 g/mol. The van der Waals surface area contributed by atoms with Gasteiger partial charge in [0.2, 0.25) is 5.91 Å². The third-order valence-electron chi connectivity index (χ3n) is 3.61. The van der Waals surface area contributed by atoms with Crippen LogP contribution in [-0.4, -0.2) is 15.5 Å². The van der Waals surface area contributed by atoms with Crippen molar-refractivity contribution in [2.45, 2.75) is 52.0 Å². The Bertz CT molecular complexity index is 582. The molecule has 2 aromatic rings. The number of nitrogens with zero attached hydrogens (tertiary/aromatic N) is 2. The van der Waals surface area contributed by atoms with Gasteiger partial charge in [0.15, 0.2) is 0 Å². The van der Waals surface area contributed by atoms with Crippen LogP contribution in [0.25, 0.3) is 11.0 Å². The predicted octanol–water partition coefficient (Wildman–Crippen LogP) is 3.21. The first kappa shape index (κ1) is 14.6. The van der Waals surface area contributed by atoms with Crippen molar-refractivity contribution < 1.29 is 4.79 Å². The molecule has 0 spiro atoms. The molecule has 0 radical (unpaired) electrons. The first-order chi connectivity index (χ1) is 9.67. The van der Waals surface area contributed by atoms with Crippen LogP contribution in [0, 0.1) is 0 Å². The van der Waals surface area contributed by atoms with E-state index in [2.05, 4.69) is 29.5 Å². The Morgan fingerprint density at radius 1 is 1.25 bits per heavy atom. The van der Waals surface area contributed by atoms with E-state index >= 15 is 0 Å². The second kappa shape index (κ2) is 6.55. The quantitative estimate of drug-likeness (QED) is 0.842. The second-order valence-electron chi connectivity index (χ2n) is 5.26. The molecular formula is C16H23N3O. The second-order valence-corrected chi connectivity index (χ2v) is 5.26. The van der Waals surface area contributed by atoms with Crippen LogP contribution < -0.4 is 5.73 Å². The number of para-hydroxylation sites is 2. The summed E-state index contributed by atoms with van der Waals surface area (Å²) in [5.74, 6) is 0.471. The number of benzene rings is 1. The molecule has 0 unspecified atom stereocenters. The Kier molecular flexibility index (Phi) is 4.77. The molecule has 1 heterocycles. The summed E-state index contributed by atoms with van der Waals surface area (Å²) in [6, 6.07) is 8.45. The summed E-state index contributed by atoms with van der Waals surface area (Å²) < 4.78 is 2.23. The molecule has 2 rings (SSSR count). The Balaban J connectivity index is 2.53. The van der Waals surface area contributed by atoms with Gasteiger partial charge in [-0.2, -0.15) is 0 Å². The summed E-state index contributed by atoms with van der Waals surface area (Å²) >= 11 is 0. The first-order valence-electron chi connectivity index (χ1n) is 7.41. The van der Waals surface area contributed by atoms with Crippen LogP contribution in [0.3, 0.4) is 0 Å². The molecule has 0 fully saturated rings. The number of amides is 1. The Labute approximate surface area is 120 Å². The van der Waals surface area contributed by atoms with E-state index in [1.165, 1.54) is 0 Å². The SMILES string of the molecule is CCCC(CCC)n1c(CC(N)=O)nc2ccccc21. The summed E-state index contributed by atoms with van der Waals surface area (Å²) in [6.07, 6.45) is 4.64. The molecule has 1 amide bonds. The number of rotatable bonds is 7. The van der Waals surface area contributed by atoms with Gasteiger partial charge in [-0.05, 0) is 25.0 Å². The van der Waals surface area contributed by atoms with Crippen LogP contribution in [-0.2, 0) is 11.2 Å². The number of carbonyl (C=O) groups is 1. The molecule has 0 aliphatic carbocycles. The summed E-state index contributed by atoms with van der Waals surface area (Å²) in [7, 11) is 0. The maximum absolute atomic E-state index is 11.3. The minimum Gasteiger partial charge on any atom is -0.369 e. The van der Waals surface area contributed by atoms with Crippen LogP contribution in [0.2, 0.25) is 0 Å². The molecule has 0 saturated carbocycles. The third kappa shape index (κ3) is 3.00. The molecule has 0 saturated heterocycles. The van der Waals surface area contributed by atoms with Crippen molar-refractivity contribution in [1.82, 2.24) is 9.55 Å². The van der Waals surface area contributed by atoms with E-state index in [-0.39, 0.29) is 12.3 Å². The van der Waals surface area contributed by atoms with Crippen LogP contribution in [0.4, 0.5) is 0 Å². The van der Waals surface area contributed by atoms with E-state index in [1.807, 2.05) is 18.2 Å². The van der Waals surface area contributed by atoms with Gasteiger partial charge in [0, 0.05) is 6.04 Å². The standard InChI is InChI=1S/C16H23N3O/c1-3-7-12(8-4-2)19-14-10-6-5-9-13(14)18-16(19)11-15(17)20/h5-6,9-10,12H,3-4,7-8,11H2,1-2H3,(H2,17,20). The maximum Gasteiger partial charge on any atom is 0.225 e. The Hall–Kier alpha value is -1.84. The highest BCUT2D eigenvalue weighted by Crippen LogP contribution is 2.27. The highest BCUT2D eigenvalue weighted by atomic mass is 16.1. The molecule has 1 aromatic carbocycles. The van der Waals surface area contributed by atoms with Crippen LogP contribution >= 0.6 is 0 Å². The van der Waals surface area contributed by atoms with Crippen molar-refractivity contribution in [3.05, 3.63) is 30.1 Å². The lowest BCUT2D eigenvalue weighted by Gasteiger charge is -2.20. The number of carbonyl (C=O) groups excluding carboxylic acids is 1. The largest absolute Gasteiger partial charge is 0.369 e. The Morgan fingerprint density at radius 3 is 2.50 bits per heavy atom. The molecule has 0 aliphatic rings. The third-order valence-corrected chi connectivity index (χ3v) is 3.61. The van der Waals surface area contributed by atoms with Crippen molar-refractivity contribution in [2.24, 2.45) is 5.73 Å². The topological polar surface area (TPSA) is 60.9 Å². The van der Waals surface area contributed by atoms with Crippen molar-refractivity contribution in [3.8, 4) is 0 Å². The van der Waals surface area contributed by atoms with Gasteiger partial charge in [0.25, 0.3) is 0 Å². The average molecular weight is 273 g/mol. The van der Waals surface area contributed by atoms with E-state index in [0.29, 0.717) is 6.04 Å². The zero-order valence-corrected chi connectivity index (χ0v) is 12.3. The van der Waals surface area contributed by atoms with Crippen molar-refractivity contribution >= 4 is 16.9 Å². The average Bonchev–Trinajstić information content (AvgIpc) is 2.75. The molecule has 0 aliphatic heterocycles. The van der Waals surface area contributed by atoms with Gasteiger partial charge in [-0.25, -0.2) is 4.98 Å². The lowest BCUT2D eigenvalue weighted by molar-refractivity contribution is -0.117. The molecule has 20 heavy (non-hydrogen) atoms. The fourth-order valence-electron chi connectivity index (χ4n) is 2.85. The van der Waals surface area contributed by atoms with Crippen molar-refractivity contribution in [1.29, 1.82) is 0 Å². The minimum atomic E-state index is -0.326. The van der Waals surface area contributed by atoms with Crippen LogP contribution in [0.5, 0.6) is 0 Å². The number of primary amides is 1. The number of fused-ring (bicyclic) bond motifs is 1. The number of aromatic nitrogens is 2. The molecular weight excluding hydrogens is 250 g/mol. The van der Waals surface area contributed by atoms with E-state index in [9.17, 15) is 4.79 Å². The van der Waals surface area contributed by atoms with Gasteiger partial charge in [-0.3, -0.25) is 4.79 Å². The normalized spacial score (nSPS) is 11.3. The summed E-state index contributed by atoms with van der Waals surface area (Å²) in [6.45, 7) is 4.38. The fraction of sp³-hybridized carbons (Fsp3) is 0.500. The fourth-order valence-corrected chi connectivity index (χ4v) is 2.85. The first-order valence-corrected chi connectivity index (χ1v) is 7.41.